The van der Waals surface area contributed by atoms with Crippen LogP contribution in [0.2, 0.25) is 0 Å². The van der Waals surface area contributed by atoms with Crippen LogP contribution in [0.25, 0.3) is 0 Å². The van der Waals surface area contributed by atoms with E-state index >= 15 is 0 Å². The van der Waals surface area contributed by atoms with Crippen molar-refractivity contribution >= 4 is 23.4 Å². The Labute approximate surface area is 120 Å². The van der Waals surface area contributed by atoms with Crippen LogP contribution in [0.3, 0.4) is 0 Å². The van der Waals surface area contributed by atoms with E-state index < -0.39 is 0 Å². The highest BCUT2D eigenvalue weighted by atomic mass is 32.2. The molecule has 1 aromatic heterocycles. The maximum absolute atomic E-state index is 4.69. The van der Waals surface area contributed by atoms with Crippen LogP contribution < -0.4 is 10.2 Å². The number of hydrogen-bond acceptors (Lipinski definition) is 5. The van der Waals surface area contributed by atoms with Gasteiger partial charge in [0.15, 0.2) is 5.16 Å². The summed E-state index contributed by atoms with van der Waals surface area (Å²) in [5.41, 5.74) is 0. The molecule has 0 aliphatic carbocycles. The van der Waals surface area contributed by atoms with Crippen LogP contribution in [-0.4, -0.2) is 35.4 Å². The monoisotopic (exact) mass is 280 g/mol. The zero-order chi connectivity index (χ0) is 13.8. The first-order valence-corrected chi connectivity index (χ1v) is 8.31. The number of hydrogen-bond donors (Lipinski definition) is 1. The Hall–Kier alpha value is -0.970. The van der Waals surface area contributed by atoms with Crippen LogP contribution in [0, 0.1) is 5.92 Å². The molecule has 1 aliphatic heterocycles. The Morgan fingerprint density at radius 2 is 2.26 bits per heavy atom. The molecule has 0 bridgehead atoms. The van der Waals surface area contributed by atoms with Crippen molar-refractivity contribution in [2.24, 2.45) is 5.92 Å². The maximum atomic E-state index is 4.69. The highest BCUT2D eigenvalue weighted by Crippen LogP contribution is 2.30. The molecule has 0 amide bonds. The van der Waals surface area contributed by atoms with Crippen molar-refractivity contribution in [2.75, 3.05) is 29.6 Å². The van der Waals surface area contributed by atoms with Crippen LogP contribution in [-0.2, 0) is 0 Å². The van der Waals surface area contributed by atoms with E-state index in [1.54, 1.807) is 11.8 Å². The van der Waals surface area contributed by atoms with E-state index in [2.05, 4.69) is 47.0 Å². The van der Waals surface area contributed by atoms with Gasteiger partial charge in [0.1, 0.15) is 11.6 Å². The first-order valence-electron chi connectivity index (χ1n) is 7.09. The molecule has 2 rings (SSSR count). The standard InChI is InChI=1S/C14H24N4S/c1-5-15-12-9-13(17-14(16-12)19-4)18-8-6-7-11(18)10(2)3/h9-11H,5-8H2,1-4H3,(H,15,16,17). The number of nitrogens with zero attached hydrogens (tertiary/aromatic N) is 3. The summed E-state index contributed by atoms with van der Waals surface area (Å²) in [6.07, 6.45) is 4.56. The molecule has 1 unspecified atom stereocenters. The molecule has 5 heteroatoms. The zero-order valence-corrected chi connectivity index (χ0v) is 13.1. The predicted molar refractivity (Wildman–Crippen MR) is 83.2 cm³/mol. The summed E-state index contributed by atoms with van der Waals surface area (Å²) in [6, 6.07) is 2.70. The summed E-state index contributed by atoms with van der Waals surface area (Å²) >= 11 is 1.60. The minimum atomic E-state index is 0.610. The summed E-state index contributed by atoms with van der Waals surface area (Å²) in [4.78, 5) is 11.6. The smallest absolute Gasteiger partial charge is 0.191 e. The van der Waals surface area contributed by atoms with Gasteiger partial charge in [0.25, 0.3) is 0 Å². The van der Waals surface area contributed by atoms with Gasteiger partial charge >= 0.3 is 0 Å². The quantitative estimate of drug-likeness (QED) is 0.662. The van der Waals surface area contributed by atoms with E-state index in [9.17, 15) is 0 Å². The average molecular weight is 280 g/mol. The predicted octanol–water partition coefficient (Wildman–Crippen LogP) is 3.26. The average Bonchev–Trinajstić information content (AvgIpc) is 2.88. The largest absolute Gasteiger partial charge is 0.370 e. The molecule has 0 aromatic carbocycles. The van der Waals surface area contributed by atoms with Crippen LogP contribution in [0.1, 0.15) is 33.6 Å². The third-order valence-corrected chi connectivity index (χ3v) is 4.14. The van der Waals surface area contributed by atoms with Crippen LogP contribution in [0.15, 0.2) is 11.2 Å². The molecule has 1 N–H and O–H groups in total. The third-order valence-electron chi connectivity index (χ3n) is 3.60. The molecule has 106 valence electrons. The Kier molecular flexibility index (Phi) is 4.91. The van der Waals surface area contributed by atoms with Gasteiger partial charge in [-0.05, 0) is 31.9 Å². The molecule has 2 heterocycles. The molecular weight excluding hydrogens is 256 g/mol. The molecule has 1 aliphatic rings. The summed E-state index contributed by atoms with van der Waals surface area (Å²) in [5, 5.41) is 4.15. The van der Waals surface area contributed by atoms with Gasteiger partial charge in [0.2, 0.25) is 0 Å². The zero-order valence-electron chi connectivity index (χ0n) is 12.3. The molecule has 19 heavy (non-hydrogen) atoms. The topological polar surface area (TPSA) is 41.0 Å². The fourth-order valence-electron chi connectivity index (χ4n) is 2.69. The lowest BCUT2D eigenvalue weighted by Gasteiger charge is -2.29. The number of aromatic nitrogens is 2. The summed E-state index contributed by atoms with van der Waals surface area (Å²) < 4.78 is 0. The van der Waals surface area contributed by atoms with E-state index in [0.717, 1.165) is 29.9 Å². The summed E-state index contributed by atoms with van der Waals surface area (Å²) in [6.45, 7) is 8.68. The highest BCUT2D eigenvalue weighted by molar-refractivity contribution is 7.98. The first kappa shape index (κ1) is 14.4. The second kappa shape index (κ2) is 6.46. The molecule has 1 fully saturated rings. The second-order valence-corrected chi connectivity index (χ2v) is 6.05. The van der Waals surface area contributed by atoms with Gasteiger partial charge in [-0.25, -0.2) is 9.97 Å². The number of nitrogens with one attached hydrogen (secondary N) is 1. The third kappa shape index (κ3) is 3.32. The highest BCUT2D eigenvalue weighted by Gasteiger charge is 2.28. The van der Waals surface area contributed by atoms with Crippen LogP contribution in [0.4, 0.5) is 11.6 Å². The Bertz CT molecular complexity index is 422. The van der Waals surface area contributed by atoms with Crippen LogP contribution in [0.5, 0.6) is 0 Å². The summed E-state index contributed by atoms with van der Waals surface area (Å²) in [5.74, 6) is 2.68. The van der Waals surface area contributed by atoms with E-state index in [0.29, 0.717) is 12.0 Å². The minimum absolute atomic E-state index is 0.610. The van der Waals surface area contributed by atoms with Crippen molar-refractivity contribution in [1.29, 1.82) is 0 Å². The Balaban J connectivity index is 2.29. The number of anilines is 2. The van der Waals surface area contributed by atoms with Crippen LogP contribution >= 0.6 is 11.8 Å². The van der Waals surface area contributed by atoms with E-state index in [1.165, 1.54) is 12.8 Å². The van der Waals surface area contributed by atoms with E-state index in [1.807, 2.05) is 6.26 Å². The van der Waals surface area contributed by atoms with Crippen molar-refractivity contribution in [3.05, 3.63) is 6.07 Å². The van der Waals surface area contributed by atoms with Crippen molar-refractivity contribution in [3.8, 4) is 0 Å². The van der Waals surface area contributed by atoms with Gasteiger partial charge in [-0.15, -0.1) is 0 Å². The second-order valence-electron chi connectivity index (χ2n) is 5.28. The summed E-state index contributed by atoms with van der Waals surface area (Å²) in [7, 11) is 0. The maximum Gasteiger partial charge on any atom is 0.191 e. The number of thioether (sulfide) groups is 1. The normalized spacial score (nSPS) is 19.2. The van der Waals surface area contributed by atoms with Gasteiger partial charge in [-0.2, -0.15) is 0 Å². The van der Waals surface area contributed by atoms with Gasteiger partial charge in [0, 0.05) is 25.2 Å². The lowest BCUT2D eigenvalue weighted by molar-refractivity contribution is 0.489. The number of rotatable bonds is 5. The van der Waals surface area contributed by atoms with E-state index in [4.69, 9.17) is 0 Å². The Morgan fingerprint density at radius 1 is 1.47 bits per heavy atom. The van der Waals surface area contributed by atoms with Gasteiger partial charge in [-0.3, -0.25) is 0 Å². The molecule has 4 nitrogen and oxygen atoms in total. The molecule has 1 aromatic rings. The lowest BCUT2D eigenvalue weighted by Crippen LogP contribution is -2.34. The minimum Gasteiger partial charge on any atom is -0.370 e. The Morgan fingerprint density at radius 3 is 2.89 bits per heavy atom. The fraction of sp³-hybridized carbons (Fsp3) is 0.714. The van der Waals surface area contributed by atoms with Crippen molar-refractivity contribution in [3.63, 3.8) is 0 Å². The SMILES string of the molecule is CCNc1cc(N2CCCC2C(C)C)nc(SC)n1. The molecular formula is C14H24N4S. The first-order chi connectivity index (χ1) is 9.15. The van der Waals surface area contributed by atoms with Gasteiger partial charge in [0.05, 0.1) is 0 Å². The molecule has 0 saturated carbocycles. The van der Waals surface area contributed by atoms with Gasteiger partial charge in [-0.1, -0.05) is 25.6 Å². The van der Waals surface area contributed by atoms with Gasteiger partial charge < -0.3 is 10.2 Å². The molecule has 0 radical (unpaired) electrons. The molecule has 1 atom stereocenters. The molecule has 1 saturated heterocycles. The van der Waals surface area contributed by atoms with Crippen molar-refractivity contribution in [2.45, 2.75) is 44.8 Å². The molecule has 0 spiro atoms. The van der Waals surface area contributed by atoms with E-state index in [-0.39, 0.29) is 0 Å². The lowest BCUT2D eigenvalue weighted by atomic mass is 10.0. The van der Waals surface area contributed by atoms with Crippen molar-refractivity contribution in [1.82, 2.24) is 9.97 Å². The van der Waals surface area contributed by atoms with Crippen molar-refractivity contribution < 1.29 is 0 Å². The fourth-order valence-corrected chi connectivity index (χ4v) is 3.07.